The van der Waals surface area contributed by atoms with Gasteiger partial charge in [-0.3, -0.25) is 0 Å². The second-order valence-corrected chi connectivity index (χ2v) is 12.0. The number of para-hydroxylation sites is 1. The Balaban J connectivity index is 1.62. The molecule has 0 amide bonds. The van der Waals surface area contributed by atoms with Crippen LogP contribution in [0.25, 0.3) is 39.9 Å². The number of fused-ring (bicyclic) bond motifs is 4. The molecule has 5 aromatic rings. The Morgan fingerprint density at radius 3 is 1.98 bits per heavy atom. The minimum atomic E-state index is -0.727. The molecule has 4 aromatic carbocycles. The number of pyridine rings is 1. The van der Waals surface area contributed by atoms with Gasteiger partial charge in [-0.25, -0.2) is 9.59 Å². The first-order valence-electron chi connectivity index (χ1n) is 13.8. The Morgan fingerprint density at radius 1 is 0.711 bits per heavy atom. The van der Waals surface area contributed by atoms with Crippen LogP contribution in [0.15, 0.2) is 96.7 Å². The van der Waals surface area contributed by atoms with Crippen molar-refractivity contribution in [3.05, 3.63) is 139 Å². The van der Waals surface area contributed by atoms with Crippen molar-refractivity contribution in [1.82, 2.24) is 0 Å². The van der Waals surface area contributed by atoms with Crippen molar-refractivity contribution >= 4 is 87.1 Å². The Hall–Kier alpha value is -4.13. The summed E-state index contributed by atoms with van der Waals surface area (Å²) in [4.78, 5) is 27.6. The molecular formula is C36H24Cl4NO4+. The molecule has 5 nitrogen and oxygen atoms in total. The van der Waals surface area contributed by atoms with Gasteiger partial charge in [0.2, 0.25) is 5.52 Å². The summed E-state index contributed by atoms with van der Waals surface area (Å²) < 4.78 is 12.3. The van der Waals surface area contributed by atoms with Gasteiger partial charge in [0, 0.05) is 28.1 Å². The Labute approximate surface area is 279 Å². The third-order valence-corrected chi connectivity index (χ3v) is 8.99. The summed E-state index contributed by atoms with van der Waals surface area (Å²) in [5.74, 6) is -2.14. The maximum atomic E-state index is 13.8. The van der Waals surface area contributed by atoms with Crippen molar-refractivity contribution in [3.8, 4) is 11.1 Å². The summed E-state index contributed by atoms with van der Waals surface area (Å²) in [7, 11) is 2.56. The fourth-order valence-electron chi connectivity index (χ4n) is 5.80. The number of hydrogen-bond acceptors (Lipinski definition) is 4. The lowest BCUT2D eigenvalue weighted by molar-refractivity contribution is -0.550. The van der Waals surface area contributed by atoms with Crippen molar-refractivity contribution in [3.63, 3.8) is 0 Å². The Morgan fingerprint density at radius 2 is 1.36 bits per heavy atom. The number of benzene rings is 4. The topological polar surface area (TPSA) is 56.5 Å². The van der Waals surface area contributed by atoms with Crippen LogP contribution in [0, 0.1) is 0 Å². The number of aromatic nitrogens is 1. The highest BCUT2D eigenvalue weighted by molar-refractivity contribution is 6.42. The van der Waals surface area contributed by atoms with E-state index in [2.05, 4.69) is 0 Å². The smallest absolute Gasteiger partial charge is 0.404 e. The van der Waals surface area contributed by atoms with Crippen molar-refractivity contribution < 1.29 is 23.6 Å². The third kappa shape index (κ3) is 5.73. The van der Waals surface area contributed by atoms with Crippen LogP contribution < -0.4 is 4.57 Å². The normalized spacial score (nSPS) is 13.0. The van der Waals surface area contributed by atoms with E-state index in [1.807, 2.05) is 60.7 Å². The molecule has 0 spiro atoms. The molecule has 6 rings (SSSR count). The second kappa shape index (κ2) is 12.7. The molecule has 1 aromatic heterocycles. The van der Waals surface area contributed by atoms with Crippen LogP contribution in [0.4, 0.5) is 0 Å². The quantitative estimate of drug-likeness (QED) is 0.102. The number of halogens is 4. The molecular weight excluding hydrogens is 652 g/mol. The van der Waals surface area contributed by atoms with Crippen LogP contribution in [0.3, 0.4) is 0 Å². The number of methoxy groups -OCH3 is 2. The highest BCUT2D eigenvalue weighted by atomic mass is 35.5. The molecule has 0 radical (unpaired) electrons. The largest absolute Gasteiger partial charge is 0.465 e. The predicted octanol–water partition coefficient (Wildman–Crippen LogP) is 9.28. The van der Waals surface area contributed by atoms with Gasteiger partial charge in [0.15, 0.2) is 6.20 Å². The average Bonchev–Trinajstić information content (AvgIpc) is 3.35. The van der Waals surface area contributed by atoms with E-state index in [9.17, 15) is 9.59 Å². The van der Waals surface area contributed by atoms with E-state index in [-0.39, 0.29) is 11.3 Å². The maximum absolute atomic E-state index is 13.8. The molecule has 0 saturated heterocycles. The van der Waals surface area contributed by atoms with E-state index in [0.29, 0.717) is 25.6 Å². The zero-order valence-electron chi connectivity index (χ0n) is 24.0. The summed E-state index contributed by atoms with van der Waals surface area (Å²) >= 11 is 25.3. The summed E-state index contributed by atoms with van der Waals surface area (Å²) in [6.07, 6.45) is 5.60. The van der Waals surface area contributed by atoms with Gasteiger partial charge in [-0.15, -0.1) is 0 Å². The number of carbonyl (C=O) groups excluding carboxylic acids is 2. The van der Waals surface area contributed by atoms with E-state index >= 15 is 0 Å². The lowest BCUT2D eigenvalue weighted by Crippen LogP contribution is -2.40. The zero-order valence-corrected chi connectivity index (χ0v) is 27.0. The molecule has 0 saturated carbocycles. The van der Waals surface area contributed by atoms with Gasteiger partial charge in [-0.2, -0.15) is 4.57 Å². The molecule has 0 aliphatic heterocycles. The first kappa shape index (κ1) is 30.9. The Kier molecular flexibility index (Phi) is 8.71. The molecule has 1 heterocycles. The van der Waals surface area contributed by atoms with Crippen LogP contribution in [0.5, 0.6) is 0 Å². The standard InChI is InChI=1S/C36H24Cl4NO4/c1-44-35(42)33(32-27-18-22(37)10-12-25(27)26-13-11-23(38)19-28(26)32)34(36(43)45-2)41-16-15-21(24-5-3-4-6-31(24)41)9-7-20-8-14-29(39)30(40)17-20/h3-19,32H,1-2H3/q+1/b9-7+,34-33-. The first-order chi connectivity index (χ1) is 21.7. The van der Waals surface area contributed by atoms with E-state index < -0.39 is 17.9 Å². The van der Waals surface area contributed by atoms with Crippen LogP contribution in [-0.4, -0.2) is 26.2 Å². The molecule has 1 aliphatic carbocycles. The first-order valence-corrected chi connectivity index (χ1v) is 15.3. The molecule has 0 fully saturated rings. The highest BCUT2D eigenvalue weighted by Crippen LogP contribution is 2.50. The van der Waals surface area contributed by atoms with E-state index in [4.69, 9.17) is 55.9 Å². The maximum Gasteiger partial charge on any atom is 0.404 e. The van der Waals surface area contributed by atoms with Crippen molar-refractivity contribution in [2.75, 3.05) is 14.2 Å². The lowest BCUT2D eigenvalue weighted by Gasteiger charge is -2.18. The number of rotatable bonds is 6. The van der Waals surface area contributed by atoms with E-state index in [1.54, 1.807) is 47.2 Å². The number of esters is 2. The number of ether oxygens (including phenoxy) is 2. The summed E-state index contributed by atoms with van der Waals surface area (Å²) in [5, 5.41) is 2.71. The minimum Gasteiger partial charge on any atom is -0.465 e. The molecule has 0 unspecified atom stereocenters. The second-order valence-electron chi connectivity index (χ2n) is 10.3. The fraction of sp³-hybridized carbons (Fsp3) is 0.0833. The molecule has 1 aliphatic rings. The molecule has 0 N–H and O–H groups in total. The van der Waals surface area contributed by atoms with Crippen LogP contribution in [0.1, 0.15) is 28.2 Å². The van der Waals surface area contributed by atoms with Crippen LogP contribution >= 0.6 is 46.4 Å². The number of hydrogen-bond donors (Lipinski definition) is 0. The zero-order chi connectivity index (χ0) is 31.8. The van der Waals surface area contributed by atoms with Gasteiger partial charge in [0.1, 0.15) is 5.57 Å². The van der Waals surface area contributed by atoms with E-state index in [1.165, 1.54) is 14.2 Å². The lowest BCUT2D eigenvalue weighted by atomic mass is 9.87. The fourth-order valence-corrected chi connectivity index (χ4v) is 6.47. The molecule has 45 heavy (non-hydrogen) atoms. The predicted molar refractivity (Wildman–Crippen MR) is 181 cm³/mol. The van der Waals surface area contributed by atoms with Crippen LogP contribution in [-0.2, 0) is 19.1 Å². The van der Waals surface area contributed by atoms with Gasteiger partial charge in [0.25, 0.3) is 0 Å². The Bertz CT molecular complexity index is 2030. The average molecular weight is 676 g/mol. The van der Waals surface area contributed by atoms with Crippen molar-refractivity contribution in [2.24, 2.45) is 0 Å². The SMILES string of the molecule is COC(=O)/C(=C(/C(=O)OC)[n+]1ccc(/C=C/c2ccc(Cl)c(Cl)c2)c2ccccc21)C1c2cc(Cl)ccc2-c2ccc(Cl)cc21. The van der Waals surface area contributed by atoms with Crippen LogP contribution in [0.2, 0.25) is 20.1 Å². The van der Waals surface area contributed by atoms with Crippen molar-refractivity contribution in [2.45, 2.75) is 5.92 Å². The van der Waals surface area contributed by atoms with Gasteiger partial charge in [0.05, 0.1) is 29.7 Å². The van der Waals surface area contributed by atoms with Gasteiger partial charge in [-0.1, -0.05) is 88.9 Å². The van der Waals surface area contributed by atoms with E-state index in [0.717, 1.165) is 38.8 Å². The van der Waals surface area contributed by atoms with Gasteiger partial charge < -0.3 is 9.47 Å². The third-order valence-electron chi connectivity index (χ3n) is 7.78. The van der Waals surface area contributed by atoms with Gasteiger partial charge >= 0.3 is 17.6 Å². The molecule has 0 bridgehead atoms. The molecule has 9 heteroatoms. The summed E-state index contributed by atoms with van der Waals surface area (Å²) in [5.41, 5.74) is 5.72. The van der Waals surface area contributed by atoms with Crippen molar-refractivity contribution in [1.29, 1.82) is 0 Å². The number of carbonyl (C=O) groups is 2. The molecule has 0 atom stereocenters. The number of nitrogens with zero attached hydrogens (tertiary/aromatic N) is 1. The monoisotopic (exact) mass is 674 g/mol. The van der Waals surface area contributed by atoms with Gasteiger partial charge in [-0.05, 0) is 75.8 Å². The minimum absolute atomic E-state index is 0.00399. The summed E-state index contributed by atoms with van der Waals surface area (Å²) in [6.45, 7) is 0. The highest BCUT2D eigenvalue weighted by Gasteiger charge is 2.43. The summed E-state index contributed by atoms with van der Waals surface area (Å²) in [6, 6.07) is 25.8. The molecule has 224 valence electrons.